The molecule has 2 aromatic carbocycles. The van der Waals surface area contributed by atoms with Gasteiger partial charge >= 0.3 is 0 Å². The lowest BCUT2D eigenvalue weighted by Gasteiger charge is -2.26. The van der Waals surface area contributed by atoms with Gasteiger partial charge in [0.25, 0.3) is 0 Å². The van der Waals surface area contributed by atoms with Gasteiger partial charge in [0.15, 0.2) is 0 Å². The average Bonchev–Trinajstić information content (AvgIpc) is 3.02. The Labute approximate surface area is 144 Å². The van der Waals surface area contributed by atoms with Crippen molar-refractivity contribution in [1.29, 1.82) is 0 Å². The van der Waals surface area contributed by atoms with Crippen molar-refractivity contribution in [3.8, 4) is 0 Å². The first-order valence-electron chi connectivity index (χ1n) is 8.32. The van der Waals surface area contributed by atoms with Crippen LogP contribution in [0.3, 0.4) is 0 Å². The summed E-state index contributed by atoms with van der Waals surface area (Å²) in [6.07, 6.45) is 0.725. The second-order valence-electron chi connectivity index (χ2n) is 7.23. The standard InChI is InChI=1S/C19H24N2O2Si/c1-24(2,3)18-14-17(19(22)20-15-10-6-4-7-11-15)21(23-18)16-12-8-5-9-13-16/h4-13,17-18H,14H2,1-3H3,(H,20,22). The predicted octanol–water partition coefficient (Wildman–Crippen LogP) is 4.08. The lowest BCUT2D eigenvalue weighted by molar-refractivity contribution is -0.117. The Morgan fingerprint density at radius 2 is 1.62 bits per heavy atom. The molecule has 1 N–H and O–H groups in total. The van der Waals surface area contributed by atoms with Gasteiger partial charge in [-0.2, -0.15) is 0 Å². The molecule has 0 radical (unpaired) electrons. The molecule has 1 fully saturated rings. The summed E-state index contributed by atoms with van der Waals surface area (Å²) in [7, 11) is -1.52. The number of hydroxylamine groups is 1. The molecule has 2 atom stereocenters. The van der Waals surface area contributed by atoms with E-state index in [0.717, 1.165) is 17.8 Å². The number of nitrogens with one attached hydrogen (secondary N) is 1. The van der Waals surface area contributed by atoms with Crippen LogP contribution in [0.5, 0.6) is 0 Å². The molecule has 1 amide bonds. The Hall–Kier alpha value is -2.11. The molecule has 1 saturated heterocycles. The fraction of sp³-hybridized carbons (Fsp3) is 0.316. The van der Waals surface area contributed by atoms with Gasteiger partial charge in [-0.05, 0) is 24.3 Å². The summed E-state index contributed by atoms with van der Waals surface area (Å²) in [5.41, 5.74) is 1.86. The lowest BCUT2D eigenvalue weighted by atomic mass is 10.2. The van der Waals surface area contributed by atoms with Crippen molar-refractivity contribution >= 4 is 25.4 Å². The fourth-order valence-corrected chi connectivity index (χ4v) is 4.20. The molecular formula is C19H24N2O2Si. The smallest absolute Gasteiger partial charge is 0.249 e. The molecule has 5 heteroatoms. The fourth-order valence-electron chi connectivity index (χ4n) is 2.84. The second-order valence-corrected chi connectivity index (χ2v) is 12.6. The number of benzene rings is 2. The van der Waals surface area contributed by atoms with Gasteiger partial charge in [0.05, 0.1) is 19.5 Å². The van der Waals surface area contributed by atoms with E-state index in [1.165, 1.54) is 0 Å². The van der Waals surface area contributed by atoms with Crippen molar-refractivity contribution < 1.29 is 9.63 Å². The van der Waals surface area contributed by atoms with Gasteiger partial charge in [-0.25, -0.2) is 5.06 Å². The van der Waals surface area contributed by atoms with Crippen LogP contribution in [0.4, 0.5) is 11.4 Å². The Morgan fingerprint density at radius 3 is 2.21 bits per heavy atom. The maximum absolute atomic E-state index is 12.9. The van der Waals surface area contributed by atoms with Gasteiger partial charge in [0, 0.05) is 12.1 Å². The molecule has 2 aromatic rings. The van der Waals surface area contributed by atoms with Crippen molar-refractivity contribution in [3.63, 3.8) is 0 Å². The third-order valence-corrected chi connectivity index (χ3v) is 6.55. The van der Waals surface area contributed by atoms with Crippen LogP contribution >= 0.6 is 0 Å². The summed E-state index contributed by atoms with van der Waals surface area (Å²) in [4.78, 5) is 19.1. The van der Waals surface area contributed by atoms with Crippen molar-refractivity contribution in [3.05, 3.63) is 60.7 Å². The molecule has 3 rings (SSSR count). The SMILES string of the molecule is C[Si](C)(C)C1CC(C(=O)Nc2ccccc2)N(c2ccccc2)O1. The van der Waals surface area contributed by atoms with Crippen molar-refractivity contribution in [2.24, 2.45) is 0 Å². The maximum atomic E-state index is 12.9. The summed E-state index contributed by atoms with van der Waals surface area (Å²) in [5, 5.41) is 4.80. The molecule has 0 saturated carbocycles. The number of carbonyl (C=O) groups is 1. The number of rotatable bonds is 4. The molecule has 0 spiro atoms. The highest BCUT2D eigenvalue weighted by Gasteiger charge is 2.44. The van der Waals surface area contributed by atoms with Gasteiger partial charge in [-0.15, -0.1) is 0 Å². The number of anilines is 2. The molecule has 0 aliphatic carbocycles. The number of amides is 1. The van der Waals surface area contributed by atoms with E-state index in [1.807, 2.05) is 60.7 Å². The van der Waals surface area contributed by atoms with E-state index in [1.54, 1.807) is 5.06 Å². The zero-order valence-corrected chi connectivity index (χ0v) is 15.4. The van der Waals surface area contributed by atoms with Crippen molar-refractivity contribution in [2.75, 3.05) is 10.4 Å². The van der Waals surface area contributed by atoms with E-state index in [-0.39, 0.29) is 17.7 Å². The third kappa shape index (κ3) is 3.68. The number of carbonyl (C=O) groups excluding carboxylic acids is 1. The van der Waals surface area contributed by atoms with Crippen LogP contribution in [0.2, 0.25) is 19.6 Å². The summed E-state index contributed by atoms with van der Waals surface area (Å²) < 4.78 is 0. The van der Waals surface area contributed by atoms with E-state index in [4.69, 9.17) is 4.84 Å². The molecular weight excluding hydrogens is 316 g/mol. The Bertz CT molecular complexity index is 686. The van der Waals surface area contributed by atoms with E-state index in [0.29, 0.717) is 0 Å². The predicted molar refractivity (Wildman–Crippen MR) is 101 cm³/mol. The Kier molecular flexibility index (Phi) is 4.73. The highest BCUT2D eigenvalue weighted by atomic mass is 28.3. The van der Waals surface area contributed by atoms with Crippen LogP contribution in [-0.4, -0.2) is 25.8 Å². The molecule has 1 aliphatic rings. The molecule has 2 unspecified atom stereocenters. The van der Waals surface area contributed by atoms with Crippen LogP contribution in [0.25, 0.3) is 0 Å². The van der Waals surface area contributed by atoms with Crippen LogP contribution < -0.4 is 10.4 Å². The number of hydrogen-bond donors (Lipinski definition) is 1. The summed E-state index contributed by atoms with van der Waals surface area (Å²) in [6, 6.07) is 19.1. The van der Waals surface area contributed by atoms with Crippen LogP contribution in [-0.2, 0) is 9.63 Å². The minimum Gasteiger partial charge on any atom is -0.324 e. The van der Waals surface area contributed by atoms with Crippen LogP contribution in [0, 0.1) is 0 Å². The Morgan fingerprint density at radius 1 is 1.04 bits per heavy atom. The summed E-state index contributed by atoms with van der Waals surface area (Å²) in [6.45, 7) is 6.83. The average molecular weight is 340 g/mol. The van der Waals surface area contributed by atoms with E-state index in [9.17, 15) is 4.79 Å². The Balaban J connectivity index is 1.83. The highest BCUT2D eigenvalue weighted by Crippen LogP contribution is 2.32. The van der Waals surface area contributed by atoms with Crippen molar-refractivity contribution in [1.82, 2.24) is 0 Å². The van der Waals surface area contributed by atoms with Gasteiger partial charge in [0.2, 0.25) is 5.91 Å². The largest absolute Gasteiger partial charge is 0.324 e. The minimum absolute atomic E-state index is 0.0224. The molecule has 4 nitrogen and oxygen atoms in total. The quantitative estimate of drug-likeness (QED) is 0.853. The number of hydrogen-bond acceptors (Lipinski definition) is 3. The molecule has 1 aliphatic heterocycles. The van der Waals surface area contributed by atoms with Gasteiger partial charge in [-0.3, -0.25) is 9.63 Å². The first-order valence-corrected chi connectivity index (χ1v) is 11.9. The van der Waals surface area contributed by atoms with E-state index >= 15 is 0 Å². The zero-order valence-electron chi connectivity index (χ0n) is 14.4. The topological polar surface area (TPSA) is 41.6 Å². The first-order chi connectivity index (χ1) is 11.4. The zero-order chi connectivity index (χ0) is 17.2. The summed E-state index contributed by atoms with van der Waals surface area (Å²) in [5.74, 6) is -0.0224. The monoisotopic (exact) mass is 340 g/mol. The maximum Gasteiger partial charge on any atom is 0.249 e. The first kappa shape index (κ1) is 16.7. The molecule has 1 heterocycles. The minimum atomic E-state index is -1.52. The second kappa shape index (κ2) is 6.79. The summed E-state index contributed by atoms with van der Waals surface area (Å²) >= 11 is 0. The number of para-hydroxylation sites is 2. The molecule has 0 bridgehead atoms. The molecule has 126 valence electrons. The number of nitrogens with zero attached hydrogens (tertiary/aromatic N) is 1. The normalized spacial score (nSPS) is 20.9. The van der Waals surface area contributed by atoms with E-state index in [2.05, 4.69) is 25.0 Å². The van der Waals surface area contributed by atoms with Crippen LogP contribution in [0.1, 0.15) is 6.42 Å². The lowest BCUT2D eigenvalue weighted by Crippen LogP contribution is -2.39. The highest BCUT2D eigenvalue weighted by molar-refractivity contribution is 6.77. The van der Waals surface area contributed by atoms with Gasteiger partial charge < -0.3 is 5.32 Å². The van der Waals surface area contributed by atoms with Gasteiger partial charge in [-0.1, -0.05) is 56.0 Å². The molecule has 24 heavy (non-hydrogen) atoms. The molecule has 0 aromatic heterocycles. The van der Waals surface area contributed by atoms with Crippen molar-refractivity contribution in [2.45, 2.75) is 37.8 Å². The van der Waals surface area contributed by atoms with Gasteiger partial charge in [0.1, 0.15) is 6.04 Å². The third-order valence-electron chi connectivity index (χ3n) is 4.28. The van der Waals surface area contributed by atoms with Crippen LogP contribution in [0.15, 0.2) is 60.7 Å². The van der Waals surface area contributed by atoms with E-state index < -0.39 is 8.07 Å².